The highest BCUT2D eigenvalue weighted by atomic mass is 16.5. The quantitative estimate of drug-likeness (QED) is 0.576. The van der Waals surface area contributed by atoms with Crippen LogP contribution in [0.4, 0.5) is 0 Å². The number of hydrogen-bond acceptors (Lipinski definition) is 6. The van der Waals surface area contributed by atoms with Gasteiger partial charge >= 0.3 is 17.6 Å². The van der Waals surface area contributed by atoms with E-state index in [1.807, 2.05) is 4.98 Å². The molecule has 0 saturated heterocycles. The fourth-order valence-electron chi connectivity index (χ4n) is 1.33. The molecule has 0 saturated carbocycles. The van der Waals surface area contributed by atoms with Crippen LogP contribution in [0.1, 0.15) is 13.8 Å². The van der Waals surface area contributed by atoms with Crippen LogP contribution in [-0.2, 0) is 19.1 Å². The number of nitrogens with one attached hydrogen (secondary N) is 1. The van der Waals surface area contributed by atoms with Crippen LogP contribution in [0, 0.1) is 0 Å². The Hall–Kier alpha value is -2.64. The zero-order valence-corrected chi connectivity index (χ0v) is 11.0. The molecule has 0 unspecified atom stereocenters. The first kappa shape index (κ1) is 15.4. The summed E-state index contributed by atoms with van der Waals surface area (Å²) in [5, 5.41) is 0. The van der Waals surface area contributed by atoms with Crippen LogP contribution in [0.25, 0.3) is 5.70 Å². The molecule has 8 nitrogen and oxygen atoms in total. The molecule has 0 spiro atoms. The molecular formula is C12H14N2O6. The lowest BCUT2D eigenvalue weighted by Gasteiger charge is -2.08. The van der Waals surface area contributed by atoms with Gasteiger partial charge in [-0.2, -0.15) is 0 Å². The van der Waals surface area contributed by atoms with Crippen LogP contribution in [0.5, 0.6) is 0 Å². The van der Waals surface area contributed by atoms with Crippen LogP contribution in [0.15, 0.2) is 27.9 Å². The van der Waals surface area contributed by atoms with Crippen LogP contribution >= 0.6 is 0 Å². The van der Waals surface area contributed by atoms with E-state index in [0.29, 0.717) is 0 Å². The summed E-state index contributed by atoms with van der Waals surface area (Å²) >= 11 is 0. The minimum Gasteiger partial charge on any atom is -0.463 e. The number of ether oxygens (including phenoxy) is 2. The number of aromatic amines is 1. The normalized spacial score (nSPS) is 11.0. The highest BCUT2D eigenvalue weighted by Crippen LogP contribution is 2.04. The third kappa shape index (κ3) is 3.94. The predicted octanol–water partition coefficient (Wildman–Crippen LogP) is -0.496. The smallest absolute Gasteiger partial charge is 0.355 e. The molecule has 0 fully saturated rings. The Kier molecular flexibility index (Phi) is 5.45. The van der Waals surface area contributed by atoms with Crippen molar-refractivity contribution in [1.29, 1.82) is 0 Å². The zero-order chi connectivity index (χ0) is 15.1. The second kappa shape index (κ2) is 7.07. The second-order valence-electron chi connectivity index (χ2n) is 3.48. The van der Waals surface area contributed by atoms with Crippen molar-refractivity contribution in [2.45, 2.75) is 13.8 Å². The van der Waals surface area contributed by atoms with E-state index in [2.05, 4.69) is 4.74 Å². The molecule has 0 atom stereocenters. The number of H-pyrrole nitrogens is 1. The zero-order valence-electron chi connectivity index (χ0n) is 11.0. The highest BCUT2D eigenvalue weighted by molar-refractivity contribution is 6.14. The van der Waals surface area contributed by atoms with Gasteiger partial charge < -0.3 is 9.47 Å². The van der Waals surface area contributed by atoms with Gasteiger partial charge in [0.05, 0.1) is 19.3 Å². The number of rotatable bonds is 5. The maximum atomic E-state index is 11.8. The van der Waals surface area contributed by atoms with Gasteiger partial charge in [-0.15, -0.1) is 0 Å². The molecule has 0 aliphatic rings. The van der Waals surface area contributed by atoms with Crippen molar-refractivity contribution in [2.24, 2.45) is 0 Å². The summed E-state index contributed by atoms with van der Waals surface area (Å²) in [4.78, 5) is 47.8. The Balaban J connectivity index is 3.30. The molecule has 0 radical (unpaired) electrons. The van der Waals surface area contributed by atoms with Crippen LogP contribution in [-0.4, -0.2) is 34.7 Å². The molecule has 108 valence electrons. The van der Waals surface area contributed by atoms with Gasteiger partial charge in [0.1, 0.15) is 5.70 Å². The van der Waals surface area contributed by atoms with E-state index in [0.717, 1.165) is 22.9 Å². The van der Waals surface area contributed by atoms with Crippen molar-refractivity contribution in [3.05, 3.63) is 39.2 Å². The van der Waals surface area contributed by atoms with Crippen molar-refractivity contribution >= 4 is 17.6 Å². The monoisotopic (exact) mass is 282 g/mol. The summed E-state index contributed by atoms with van der Waals surface area (Å²) in [6.07, 6.45) is 1.91. The summed E-state index contributed by atoms with van der Waals surface area (Å²) in [5.41, 5.74) is -1.82. The van der Waals surface area contributed by atoms with Crippen molar-refractivity contribution < 1.29 is 19.1 Å². The Morgan fingerprint density at radius 2 is 1.90 bits per heavy atom. The molecular weight excluding hydrogens is 268 g/mol. The fourth-order valence-corrected chi connectivity index (χ4v) is 1.33. The summed E-state index contributed by atoms with van der Waals surface area (Å²) in [6.45, 7) is 3.36. The molecule has 1 aromatic rings. The Bertz CT molecular complexity index is 640. The SMILES string of the molecule is CCOC(=O)/C=C(\C(=O)OCC)n1ccc(=O)[nH]c1=O. The topological polar surface area (TPSA) is 107 Å². The Morgan fingerprint density at radius 3 is 2.45 bits per heavy atom. The third-order valence-electron chi connectivity index (χ3n) is 2.11. The van der Waals surface area contributed by atoms with Crippen LogP contribution in [0.3, 0.4) is 0 Å². The molecule has 0 bridgehead atoms. The number of hydrogen-bond donors (Lipinski definition) is 1. The molecule has 1 aromatic heterocycles. The van der Waals surface area contributed by atoms with Gasteiger partial charge in [0.25, 0.3) is 5.56 Å². The molecule has 8 heteroatoms. The van der Waals surface area contributed by atoms with Gasteiger partial charge in [-0.3, -0.25) is 14.3 Å². The van der Waals surface area contributed by atoms with Gasteiger partial charge in [-0.25, -0.2) is 14.4 Å². The molecule has 0 aliphatic carbocycles. The molecule has 1 rings (SSSR count). The summed E-state index contributed by atoms with van der Waals surface area (Å²) < 4.78 is 10.2. The molecule has 20 heavy (non-hydrogen) atoms. The van der Waals surface area contributed by atoms with Crippen molar-refractivity contribution in [1.82, 2.24) is 9.55 Å². The first-order chi connectivity index (χ1) is 9.49. The molecule has 0 aliphatic heterocycles. The fraction of sp³-hybridized carbons (Fsp3) is 0.333. The average molecular weight is 282 g/mol. The van der Waals surface area contributed by atoms with E-state index in [9.17, 15) is 19.2 Å². The standard InChI is InChI=1S/C12H14N2O6/c1-3-19-10(16)7-8(11(17)20-4-2)14-6-5-9(15)13-12(14)18/h5-7H,3-4H2,1-2H3,(H,13,15,18)/b8-7+. The van der Waals surface area contributed by atoms with Crippen LogP contribution < -0.4 is 11.2 Å². The maximum Gasteiger partial charge on any atom is 0.355 e. The summed E-state index contributed by atoms with van der Waals surface area (Å²) in [7, 11) is 0. The van der Waals surface area contributed by atoms with E-state index in [1.165, 1.54) is 0 Å². The number of esters is 2. The summed E-state index contributed by atoms with van der Waals surface area (Å²) in [6, 6.07) is 1.04. The van der Waals surface area contributed by atoms with E-state index < -0.39 is 23.2 Å². The first-order valence-corrected chi connectivity index (χ1v) is 5.87. The largest absolute Gasteiger partial charge is 0.463 e. The highest BCUT2D eigenvalue weighted by Gasteiger charge is 2.17. The lowest BCUT2D eigenvalue weighted by Crippen LogP contribution is -2.31. The van der Waals surface area contributed by atoms with Crippen molar-refractivity contribution in [3.63, 3.8) is 0 Å². The second-order valence-corrected chi connectivity index (χ2v) is 3.48. The minimum absolute atomic E-state index is 0.0666. The average Bonchev–Trinajstić information content (AvgIpc) is 2.37. The minimum atomic E-state index is -0.880. The van der Waals surface area contributed by atoms with Crippen molar-refractivity contribution in [2.75, 3.05) is 13.2 Å². The van der Waals surface area contributed by atoms with Gasteiger partial charge in [0.15, 0.2) is 0 Å². The lowest BCUT2D eigenvalue weighted by molar-refractivity contribution is -0.139. The molecule has 1 N–H and O–H groups in total. The van der Waals surface area contributed by atoms with Gasteiger partial charge in [0, 0.05) is 12.3 Å². The third-order valence-corrected chi connectivity index (χ3v) is 2.11. The number of nitrogens with zero attached hydrogens (tertiary/aromatic N) is 1. The van der Waals surface area contributed by atoms with Crippen LogP contribution in [0.2, 0.25) is 0 Å². The predicted molar refractivity (Wildman–Crippen MR) is 68.9 cm³/mol. The lowest BCUT2D eigenvalue weighted by atomic mass is 10.3. The van der Waals surface area contributed by atoms with E-state index in [1.54, 1.807) is 13.8 Å². The molecule has 1 heterocycles. The number of carbonyl (C=O) groups is 2. The van der Waals surface area contributed by atoms with Gasteiger partial charge in [0.2, 0.25) is 0 Å². The van der Waals surface area contributed by atoms with E-state index in [4.69, 9.17) is 4.74 Å². The maximum absolute atomic E-state index is 11.8. The van der Waals surface area contributed by atoms with Gasteiger partial charge in [-0.1, -0.05) is 0 Å². The van der Waals surface area contributed by atoms with Gasteiger partial charge in [-0.05, 0) is 13.8 Å². The molecule has 0 aromatic carbocycles. The number of aromatic nitrogens is 2. The van der Waals surface area contributed by atoms with E-state index in [-0.39, 0.29) is 18.9 Å². The first-order valence-electron chi connectivity index (χ1n) is 5.87. The number of carbonyl (C=O) groups excluding carboxylic acids is 2. The van der Waals surface area contributed by atoms with Crippen molar-refractivity contribution in [3.8, 4) is 0 Å². The Morgan fingerprint density at radius 1 is 1.25 bits per heavy atom. The summed E-state index contributed by atoms with van der Waals surface area (Å²) in [5.74, 6) is -1.68. The molecule has 0 amide bonds. The Labute approximate surface area is 113 Å². The van der Waals surface area contributed by atoms with E-state index >= 15 is 0 Å².